The summed E-state index contributed by atoms with van der Waals surface area (Å²) in [5.41, 5.74) is 9.76. The van der Waals surface area contributed by atoms with E-state index in [-0.39, 0.29) is 38.6 Å². The van der Waals surface area contributed by atoms with Crippen LogP contribution in [0.2, 0.25) is 0 Å². The second-order valence-electron chi connectivity index (χ2n) is 8.67. The molecule has 1 saturated heterocycles. The molecule has 1 atom stereocenters. The summed E-state index contributed by atoms with van der Waals surface area (Å²) in [4.78, 5) is 31.2. The number of H-pyrrole nitrogens is 1. The molecule has 0 spiro atoms. The van der Waals surface area contributed by atoms with Gasteiger partial charge in [-0.1, -0.05) is 11.2 Å². The molecular weight excluding hydrogens is 669 g/mol. The van der Waals surface area contributed by atoms with Gasteiger partial charge in [0.1, 0.15) is 17.4 Å². The zero-order valence-corrected chi connectivity index (χ0v) is 22.5. The number of aromatic amines is 1. The van der Waals surface area contributed by atoms with Gasteiger partial charge in [0.25, 0.3) is 0 Å². The summed E-state index contributed by atoms with van der Waals surface area (Å²) in [7, 11) is 1.26. The van der Waals surface area contributed by atoms with E-state index in [4.69, 9.17) is 10.5 Å². The number of benzene rings is 1. The molecule has 1 aliphatic carbocycles. The van der Waals surface area contributed by atoms with Gasteiger partial charge in [0.05, 0.1) is 23.6 Å². The van der Waals surface area contributed by atoms with Crippen molar-refractivity contribution in [3.05, 3.63) is 46.7 Å². The van der Waals surface area contributed by atoms with E-state index in [0.717, 1.165) is 23.9 Å². The minimum Gasteiger partial charge on any atom is -0.662 e. The fraction of sp³-hybridized carbons (Fsp3) is 0.500. The van der Waals surface area contributed by atoms with Gasteiger partial charge in [-0.3, -0.25) is 0 Å². The van der Waals surface area contributed by atoms with E-state index < -0.39 is 24.6 Å². The average molecular weight is 695 g/mol. The van der Waals surface area contributed by atoms with Crippen molar-refractivity contribution in [1.82, 2.24) is 30.5 Å². The van der Waals surface area contributed by atoms with Gasteiger partial charge in [-0.2, -0.15) is 13.2 Å². The second-order valence-corrected chi connectivity index (χ2v) is 8.67. The number of imidazole rings is 1. The standard InChI is InChI=1S/C16H19F3N4O2.C6H7N3O2.Re/c1-25-11(8-16(17,18)19)7-14-21-12-3-2-10(6-13(12)22-14)9-23-5-4-20-15(23)24;7-6(10)5-4(3-1-2-3)8-11-9-5;/h2-3,6,11H,4-5,7-9H2,1H3,(H,20,24)(H,21,22);3H,1-2H2,(H2,7,10);/p-1. The second kappa shape index (κ2) is 12.0. The van der Waals surface area contributed by atoms with Crippen molar-refractivity contribution >= 4 is 23.0 Å². The van der Waals surface area contributed by atoms with Crippen molar-refractivity contribution < 1.29 is 52.5 Å². The van der Waals surface area contributed by atoms with Crippen LogP contribution in [0.4, 0.5) is 18.0 Å². The van der Waals surface area contributed by atoms with Crippen LogP contribution in [-0.2, 0) is 38.1 Å². The molecule has 3 N–H and O–H groups in total. The molecule has 1 radical (unpaired) electrons. The van der Waals surface area contributed by atoms with Crippen molar-refractivity contribution in [2.75, 3.05) is 20.2 Å². The Balaban J connectivity index is 0.000000264. The number of hydrogen-bond acceptors (Lipinski definition) is 7. The molecule has 1 aromatic carbocycles. The Morgan fingerprint density at radius 3 is 2.68 bits per heavy atom. The number of carbonyl (C=O) groups is 2. The number of carbonyl (C=O) groups excluding carboxylic acids is 2. The van der Waals surface area contributed by atoms with Crippen LogP contribution in [0, 0.1) is 0 Å². The number of ether oxygens (including phenoxy) is 1. The van der Waals surface area contributed by atoms with Crippen LogP contribution >= 0.6 is 0 Å². The van der Waals surface area contributed by atoms with E-state index in [1.165, 1.54) is 7.11 Å². The maximum atomic E-state index is 12.5. The van der Waals surface area contributed by atoms with Gasteiger partial charge >= 0.3 is 12.2 Å². The number of aromatic nitrogens is 4. The number of halogens is 3. The Hall–Kier alpha value is -3.02. The molecule has 3 amide bonds. The van der Waals surface area contributed by atoms with Crippen LogP contribution in [0.5, 0.6) is 0 Å². The number of fused-ring (bicyclic) bond motifs is 1. The monoisotopic (exact) mass is 695 g/mol. The molecule has 15 heteroatoms. The van der Waals surface area contributed by atoms with Crippen LogP contribution in [0.1, 0.15) is 52.8 Å². The third kappa shape index (κ3) is 7.73. The molecule has 1 unspecified atom stereocenters. The summed E-state index contributed by atoms with van der Waals surface area (Å²) in [5, 5.41) is 9.67. The maximum Gasteiger partial charge on any atom is 0.391 e. The smallest absolute Gasteiger partial charge is 0.391 e. The number of nitrogens with one attached hydrogen (secondary N) is 3. The number of rotatable bonds is 8. The van der Waals surface area contributed by atoms with Gasteiger partial charge in [0.15, 0.2) is 5.69 Å². The Labute approximate surface area is 223 Å². The van der Waals surface area contributed by atoms with Gasteiger partial charge in [0, 0.05) is 59.5 Å². The number of amides is 3. The topological polar surface area (TPSA) is 150 Å². The molecular formula is C22H25F3N7O4Re-. The molecule has 2 aliphatic rings. The first-order valence-corrected chi connectivity index (χ1v) is 11.3. The number of alkyl halides is 3. The van der Waals surface area contributed by atoms with Crippen molar-refractivity contribution in [3.8, 4) is 0 Å². The SMILES string of the molecule is COC(Cc1nc2ccc(CN3CCNC3=O)cc2[nH]1)CC(F)(F)F.[NH-]C(=O)c1nonc1C1CC1.[Re]. The summed E-state index contributed by atoms with van der Waals surface area (Å²) in [5.74, 6) is -0.0548. The fourth-order valence-corrected chi connectivity index (χ4v) is 3.88. The molecule has 201 valence electrons. The number of urea groups is 1. The van der Waals surface area contributed by atoms with E-state index in [0.29, 0.717) is 42.6 Å². The number of hydrogen-bond donors (Lipinski definition) is 2. The van der Waals surface area contributed by atoms with Gasteiger partial charge in [0.2, 0.25) is 0 Å². The van der Waals surface area contributed by atoms with E-state index in [1.807, 2.05) is 12.1 Å². The third-order valence-electron chi connectivity index (χ3n) is 5.82. The summed E-state index contributed by atoms with van der Waals surface area (Å²) in [6, 6.07) is 5.43. The quantitative estimate of drug-likeness (QED) is 0.365. The molecule has 1 aliphatic heterocycles. The van der Waals surface area contributed by atoms with Gasteiger partial charge in [-0.15, -0.1) is 0 Å². The van der Waals surface area contributed by atoms with Crippen LogP contribution in [0.15, 0.2) is 22.8 Å². The van der Waals surface area contributed by atoms with Crippen molar-refractivity contribution in [2.45, 2.75) is 50.4 Å². The normalized spacial score (nSPS) is 16.1. The van der Waals surface area contributed by atoms with Crippen molar-refractivity contribution in [2.24, 2.45) is 0 Å². The summed E-state index contributed by atoms with van der Waals surface area (Å²) in [6.45, 7) is 1.76. The summed E-state index contributed by atoms with van der Waals surface area (Å²) < 4.78 is 46.9. The molecule has 0 bridgehead atoms. The Morgan fingerprint density at radius 1 is 1.32 bits per heavy atom. The fourth-order valence-electron chi connectivity index (χ4n) is 3.88. The molecule has 1 saturated carbocycles. The number of nitrogens with zero attached hydrogens (tertiary/aromatic N) is 4. The summed E-state index contributed by atoms with van der Waals surface area (Å²) >= 11 is 0. The predicted octanol–water partition coefficient (Wildman–Crippen LogP) is 3.73. The predicted molar refractivity (Wildman–Crippen MR) is 120 cm³/mol. The van der Waals surface area contributed by atoms with E-state index in [1.54, 1.807) is 11.0 Å². The van der Waals surface area contributed by atoms with E-state index in [9.17, 15) is 22.8 Å². The number of methoxy groups -OCH3 is 1. The van der Waals surface area contributed by atoms with E-state index >= 15 is 0 Å². The first-order chi connectivity index (χ1) is 17.1. The Kier molecular flexibility index (Phi) is 9.27. The first-order valence-electron chi connectivity index (χ1n) is 11.3. The van der Waals surface area contributed by atoms with Crippen LogP contribution < -0.4 is 5.32 Å². The molecule has 2 fully saturated rings. The van der Waals surface area contributed by atoms with Gasteiger partial charge in [-0.25, -0.2) is 14.4 Å². The molecule has 11 nitrogen and oxygen atoms in total. The van der Waals surface area contributed by atoms with Crippen LogP contribution in [0.25, 0.3) is 16.8 Å². The molecule has 3 heterocycles. The van der Waals surface area contributed by atoms with Gasteiger partial charge < -0.3 is 30.5 Å². The minimum atomic E-state index is -4.28. The average Bonchev–Trinajstić information content (AvgIpc) is 3.19. The molecule has 5 rings (SSSR count). The van der Waals surface area contributed by atoms with Crippen molar-refractivity contribution in [1.29, 1.82) is 0 Å². The van der Waals surface area contributed by atoms with Gasteiger partial charge in [-0.05, 0) is 35.7 Å². The first kappa shape index (κ1) is 28.6. The maximum absolute atomic E-state index is 12.5. The largest absolute Gasteiger partial charge is 0.662 e. The minimum absolute atomic E-state index is 0. The zero-order valence-electron chi connectivity index (χ0n) is 19.8. The Morgan fingerprint density at radius 2 is 2.08 bits per heavy atom. The van der Waals surface area contributed by atoms with Crippen molar-refractivity contribution in [3.63, 3.8) is 0 Å². The summed E-state index contributed by atoms with van der Waals surface area (Å²) in [6.07, 6.45) is -4.18. The van der Waals surface area contributed by atoms with Crippen LogP contribution in [-0.4, -0.2) is 69.6 Å². The Bertz CT molecular complexity index is 1230. The molecule has 2 aromatic heterocycles. The molecule has 3 aromatic rings. The molecule has 37 heavy (non-hydrogen) atoms. The zero-order chi connectivity index (χ0) is 25.9. The third-order valence-corrected chi connectivity index (χ3v) is 5.82. The van der Waals surface area contributed by atoms with E-state index in [2.05, 4.69) is 30.2 Å². The van der Waals surface area contributed by atoms with Crippen LogP contribution in [0.3, 0.4) is 0 Å².